The highest BCUT2D eigenvalue weighted by Crippen LogP contribution is 2.34. The van der Waals surface area contributed by atoms with Gasteiger partial charge in [0.15, 0.2) is 0 Å². The summed E-state index contributed by atoms with van der Waals surface area (Å²) >= 11 is 0. The Morgan fingerprint density at radius 2 is 1.71 bits per heavy atom. The fourth-order valence-corrected chi connectivity index (χ4v) is 5.46. The summed E-state index contributed by atoms with van der Waals surface area (Å²) in [5, 5.41) is 6.71. The first-order valence-corrected chi connectivity index (χ1v) is 10.9. The highest BCUT2D eigenvalue weighted by Gasteiger charge is 2.45. The zero-order valence-corrected chi connectivity index (χ0v) is 16.5. The molecule has 1 saturated carbocycles. The van der Waals surface area contributed by atoms with E-state index in [0.717, 1.165) is 31.5 Å². The van der Waals surface area contributed by atoms with Gasteiger partial charge in [-0.05, 0) is 31.4 Å². The van der Waals surface area contributed by atoms with Crippen LogP contribution in [-0.2, 0) is 4.79 Å². The van der Waals surface area contributed by atoms with Crippen LogP contribution >= 0.6 is 0 Å². The molecule has 1 spiro atoms. The third kappa shape index (κ3) is 3.08. The van der Waals surface area contributed by atoms with Crippen molar-refractivity contribution in [3.05, 3.63) is 29.8 Å². The molecule has 1 atom stereocenters. The van der Waals surface area contributed by atoms with Crippen LogP contribution in [0.1, 0.15) is 61.7 Å². The normalized spacial score (nSPS) is 27.5. The van der Waals surface area contributed by atoms with Gasteiger partial charge in [-0.15, -0.1) is 0 Å². The molecule has 3 heterocycles. The maximum atomic E-state index is 13.1. The molecule has 6 heteroatoms. The van der Waals surface area contributed by atoms with E-state index in [1.165, 1.54) is 32.1 Å². The Morgan fingerprint density at radius 1 is 0.964 bits per heavy atom. The maximum absolute atomic E-state index is 13.1. The summed E-state index contributed by atoms with van der Waals surface area (Å²) in [7, 11) is 0. The summed E-state index contributed by atoms with van der Waals surface area (Å²) in [6.07, 6.45) is 8.95. The summed E-state index contributed by atoms with van der Waals surface area (Å²) in [6.45, 7) is 2.47. The summed E-state index contributed by atoms with van der Waals surface area (Å²) in [4.78, 5) is 30.1. The SMILES string of the molecule is O=C1NC2(CCN(C(=O)[C@H]3CCN3C3CCCCC3)CC2)Nc2ccccc21. The number of rotatable bonds is 2. The lowest BCUT2D eigenvalue weighted by molar-refractivity contribution is -0.145. The number of anilines is 1. The summed E-state index contributed by atoms with van der Waals surface area (Å²) in [5.41, 5.74) is 1.17. The Bertz CT molecular complexity index is 766. The van der Waals surface area contributed by atoms with Crippen LogP contribution in [0.4, 0.5) is 5.69 Å². The van der Waals surface area contributed by atoms with Crippen molar-refractivity contribution in [2.45, 2.75) is 69.1 Å². The van der Waals surface area contributed by atoms with Crippen LogP contribution < -0.4 is 10.6 Å². The van der Waals surface area contributed by atoms with Gasteiger partial charge in [0, 0.05) is 44.2 Å². The fraction of sp³-hybridized carbons (Fsp3) is 0.636. The monoisotopic (exact) mass is 382 g/mol. The molecular formula is C22H30N4O2. The molecule has 6 nitrogen and oxygen atoms in total. The van der Waals surface area contributed by atoms with Gasteiger partial charge in [-0.2, -0.15) is 0 Å². The van der Waals surface area contributed by atoms with Gasteiger partial charge in [-0.1, -0.05) is 31.4 Å². The van der Waals surface area contributed by atoms with Gasteiger partial charge in [0.1, 0.15) is 5.66 Å². The van der Waals surface area contributed by atoms with Crippen LogP contribution in [0.2, 0.25) is 0 Å². The van der Waals surface area contributed by atoms with E-state index in [0.29, 0.717) is 30.6 Å². The van der Waals surface area contributed by atoms with Crippen LogP contribution in [-0.4, -0.2) is 59.0 Å². The number of carbonyl (C=O) groups excluding carboxylic acids is 2. The summed E-state index contributed by atoms with van der Waals surface area (Å²) < 4.78 is 0. The van der Waals surface area contributed by atoms with Crippen molar-refractivity contribution >= 4 is 17.5 Å². The second kappa shape index (κ2) is 7.07. The number of hydrogen-bond acceptors (Lipinski definition) is 4. The van der Waals surface area contributed by atoms with Crippen molar-refractivity contribution < 1.29 is 9.59 Å². The Hall–Kier alpha value is -2.08. The number of para-hydroxylation sites is 1. The van der Waals surface area contributed by atoms with Crippen molar-refractivity contribution in [2.24, 2.45) is 0 Å². The van der Waals surface area contributed by atoms with E-state index in [4.69, 9.17) is 0 Å². The molecule has 2 saturated heterocycles. The first kappa shape index (κ1) is 18.0. The molecule has 3 aliphatic heterocycles. The van der Waals surface area contributed by atoms with Gasteiger partial charge in [0.05, 0.1) is 11.6 Å². The van der Waals surface area contributed by atoms with Crippen molar-refractivity contribution in [3.8, 4) is 0 Å². The summed E-state index contributed by atoms with van der Waals surface area (Å²) in [6, 6.07) is 8.35. The van der Waals surface area contributed by atoms with Gasteiger partial charge in [-0.25, -0.2) is 0 Å². The number of carbonyl (C=O) groups is 2. The highest BCUT2D eigenvalue weighted by molar-refractivity contribution is 6.02. The van der Waals surface area contributed by atoms with Crippen molar-refractivity contribution in [2.75, 3.05) is 25.0 Å². The average Bonchev–Trinajstić information content (AvgIpc) is 2.68. The third-order valence-electron chi connectivity index (χ3n) is 7.22. The zero-order valence-electron chi connectivity index (χ0n) is 16.5. The molecule has 1 aromatic rings. The zero-order chi connectivity index (χ0) is 19.1. The van der Waals surface area contributed by atoms with Gasteiger partial charge in [0.25, 0.3) is 5.91 Å². The smallest absolute Gasteiger partial charge is 0.255 e. The van der Waals surface area contributed by atoms with E-state index in [9.17, 15) is 9.59 Å². The number of nitrogens with one attached hydrogen (secondary N) is 2. The topological polar surface area (TPSA) is 64.7 Å². The lowest BCUT2D eigenvalue weighted by Gasteiger charge is -2.50. The highest BCUT2D eigenvalue weighted by atomic mass is 16.2. The minimum atomic E-state index is -0.426. The average molecular weight is 383 g/mol. The molecule has 1 aromatic carbocycles. The molecule has 0 aromatic heterocycles. The van der Waals surface area contributed by atoms with Crippen LogP contribution in [0.25, 0.3) is 0 Å². The van der Waals surface area contributed by atoms with Crippen molar-refractivity contribution in [3.63, 3.8) is 0 Å². The van der Waals surface area contributed by atoms with E-state index >= 15 is 0 Å². The van der Waals surface area contributed by atoms with Crippen LogP contribution in [0, 0.1) is 0 Å². The van der Waals surface area contributed by atoms with Gasteiger partial charge in [0.2, 0.25) is 5.91 Å². The molecule has 0 radical (unpaired) electrons. The van der Waals surface area contributed by atoms with Gasteiger partial charge >= 0.3 is 0 Å². The predicted molar refractivity (Wildman–Crippen MR) is 108 cm³/mol. The van der Waals surface area contributed by atoms with Crippen molar-refractivity contribution in [1.29, 1.82) is 0 Å². The second-order valence-corrected chi connectivity index (χ2v) is 8.87. The third-order valence-corrected chi connectivity index (χ3v) is 7.22. The molecule has 1 aliphatic carbocycles. The Morgan fingerprint density at radius 3 is 2.43 bits per heavy atom. The first-order chi connectivity index (χ1) is 13.7. The Balaban J connectivity index is 1.22. The van der Waals surface area contributed by atoms with Crippen molar-refractivity contribution in [1.82, 2.24) is 15.1 Å². The number of benzene rings is 1. The summed E-state index contributed by atoms with van der Waals surface area (Å²) in [5.74, 6) is 0.283. The number of hydrogen-bond donors (Lipinski definition) is 2. The largest absolute Gasteiger partial charge is 0.362 e. The van der Waals surface area contributed by atoms with Crippen LogP contribution in [0.3, 0.4) is 0 Å². The minimum absolute atomic E-state index is 0.0170. The quantitative estimate of drug-likeness (QED) is 0.825. The fourth-order valence-electron chi connectivity index (χ4n) is 5.46. The molecule has 150 valence electrons. The lowest BCUT2D eigenvalue weighted by atomic mass is 9.88. The van der Waals surface area contributed by atoms with E-state index in [2.05, 4.69) is 15.5 Å². The predicted octanol–water partition coefficient (Wildman–Crippen LogP) is 2.57. The standard InChI is InChI=1S/C22H30N4O2/c27-20-17-8-4-5-9-18(17)23-22(24-20)11-14-25(15-12-22)21(28)19-10-13-26(19)16-6-2-1-3-7-16/h4-5,8-9,16,19,23H,1-3,6-7,10-15H2,(H,24,27)/t19-/m1/s1. The van der Waals surface area contributed by atoms with E-state index in [1.807, 2.05) is 29.2 Å². The molecule has 2 amide bonds. The van der Waals surface area contributed by atoms with E-state index in [-0.39, 0.29) is 11.9 Å². The van der Waals surface area contributed by atoms with Gasteiger partial charge in [-0.3, -0.25) is 14.5 Å². The second-order valence-electron chi connectivity index (χ2n) is 8.87. The number of piperidine rings is 1. The molecule has 0 bridgehead atoms. The molecule has 28 heavy (non-hydrogen) atoms. The molecule has 2 N–H and O–H groups in total. The molecule has 5 rings (SSSR count). The number of likely N-dealkylation sites (tertiary alicyclic amines) is 2. The molecular weight excluding hydrogens is 352 g/mol. The van der Waals surface area contributed by atoms with Crippen LogP contribution in [0.15, 0.2) is 24.3 Å². The molecule has 3 fully saturated rings. The molecule has 0 unspecified atom stereocenters. The Kier molecular flexibility index (Phi) is 4.54. The van der Waals surface area contributed by atoms with E-state index < -0.39 is 5.66 Å². The maximum Gasteiger partial charge on any atom is 0.255 e. The Labute approximate surface area is 166 Å². The molecule has 4 aliphatic rings. The lowest BCUT2D eigenvalue weighted by Crippen LogP contribution is -2.65. The minimum Gasteiger partial charge on any atom is -0.362 e. The first-order valence-electron chi connectivity index (χ1n) is 10.9. The van der Waals surface area contributed by atoms with Gasteiger partial charge < -0.3 is 15.5 Å². The van der Waals surface area contributed by atoms with E-state index in [1.54, 1.807) is 0 Å². The number of nitrogens with zero attached hydrogens (tertiary/aromatic N) is 2. The number of amides is 2. The van der Waals surface area contributed by atoms with Crippen LogP contribution in [0.5, 0.6) is 0 Å². The number of fused-ring (bicyclic) bond motifs is 1.